The largest absolute Gasteiger partial charge is 0.494 e. The second-order valence-electron chi connectivity index (χ2n) is 11.5. The number of carbonyl (C=O) groups excluding carboxylic acids is 2. The molecule has 3 atom stereocenters. The van der Waals surface area contributed by atoms with Gasteiger partial charge in [0.1, 0.15) is 40.2 Å². The fraction of sp³-hybridized carbons (Fsp3) is 0.419. The Morgan fingerprint density at radius 2 is 1.74 bits per heavy atom. The van der Waals surface area contributed by atoms with Crippen molar-refractivity contribution < 1.29 is 32.2 Å². The Hall–Kier alpha value is -4.15. The molecule has 0 bridgehead atoms. The maximum absolute atomic E-state index is 14.8. The SMILES string of the molecule is CCOc1cc(F)c(-c2nc(C(=O)Nc3cnccc3C3CC(NC(=O)OC(C)(C)C)C[C@@H](C)C3)ccc2F)c(F)c1. The second-order valence-corrected chi connectivity index (χ2v) is 11.5. The molecule has 4 rings (SSSR count). The van der Waals surface area contributed by atoms with Crippen LogP contribution in [-0.2, 0) is 4.74 Å². The molecule has 0 aliphatic heterocycles. The number of halogens is 3. The molecular weight excluding hydrogens is 549 g/mol. The molecule has 2 heterocycles. The minimum absolute atomic E-state index is 0.0178. The van der Waals surface area contributed by atoms with Crippen LogP contribution >= 0.6 is 0 Å². The minimum atomic E-state index is -1.07. The summed E-state index contributed by atoms with van der Waals surface area (Å²) in [6.07, 6.45) is 4.84. The van der Waals surface area contributed by atoms with Gasteiger partial charge in [-0.05, 0) is 82.6 Å². The molecule has 224 valence electrons. The van der Waals surface area contributed by atoms with Crippen molar-refractivity contribution >= 4 is 17.7 Å². The van der Waals surface area contributed by atoms with Crippen LogP contribution < -0.4 is 15.4 Å². The highest BCUT2D eigenvalue weighted by Crippen LogP contribution is 2.39. The Kier molecular flexibility index (Phi) is 9.38. The van der Waals surface area contributed by atoms with Crippen molar-refractivity contribution in [2.75, 3.05) is 11.9 Å². The van der Waals surface area contributed by atoms with Crippen molar-refractivity contribution in [2.24, 2.45) is 5.92 Å². The van der Waals surface area contributed by atoms with E-state index in [1.807, 2.05) is 0 Å². The number of aromatic nitrogens is 2. The molecule has 0 radical (unpaired) electrons. The molecule has 1 aliphatic carbocycles. The van der Waals surface area contributed by atoms with Crippen LogP contribution in [0.1, 0.15) is 75.9 Å². The molecule has 2 amide bonds. The van der Waals surface area contributed by atoms with Gasteiger partial charge in [0, 0.05) is 24.4 Å². The highest BCUT2D eigenvalue weighted by Gasteiger charge is 2.31. The molecule has 2 N–H and O–H groups in total. The molecule has 1 fully saturated rings. The van der Waals surface area contributed by atoms with E-state index in [1.165, 1.54) is 6.20 Å². The fourth-order valence-corrected chi connectivity index (χ4v) is 5.27. The van der Waals surface area contributed by atoms with Crippen molar-refractivity contribution in [3.8, 4) is 17.0 Å². The van der Waals surface area contributed by atoms with E-state index in [9.17, 15) is 22.8 Å². The van der Waals surface area contributed by atoms with Crippen molar-refractivity contribution in [3.63, 3.8) is 0 Å². The third-order valence-corrected chi connectivity index (χ3v) is 6.85. The summed E-state index contributed by atoms with van der Waals surface area (Å²) in [6.45, 7) is 9.35. The molecule has 2 aromatic heterocycles. The predicted octanol–water partition coefficient (Wildman–Crippen LogP) is 7.01. The normalized spacial score (nSPS) is 18.7. The van der Waals surface area contributed by atoms with Gasteiger partial charge in [-0.3, -0.25) is 9.78 Å². The third-order valence-electron chi connectivity index (χ3n) is 6.85. The first-order valence-electron chi connectivity index (χ1n) is 13.9. The van der Waals surface area contributed by atoms with Gasteiger partial charge < -0.3 is 20.1 Å². The van der Waals surface area contributed by atoms with Gasteiger partial charge in [-0.25, -0.2) is 22.9 Å². The average molecular weight is 585 g/mol. The lowest BCUT2D eigenvalue weighted by Gasteiger charge is -2.35. The lowest BCUT2D eigenvalue weighted by atomic mass is 9.76. The van der Waals surface area contributed by atoms with Gasteiger partial charge in [0.2, 0.25) is 0 Å². The number of ether oxygens (including phenoxy) is 2. The number of pyridine rings is 2. The number of rotatable bonds is 7. The van der Waals surface area contributed by atoms with E-state index in [4.69, 9.17) is 9.47 Å². The van der Waals surface area contributed by atoms with Gasteiger partial charge in [0.25, 0.3) is 5.91 Å². The van der Waals surface area contributed by atoms with E-state index in [0.29, 0.717) is 12.1 Å². The zero-order valence-electron chi connectivity index (χ0n) is 24.3. The predicted molar refractivity (Wildman–Crippen MR) is 152 cm³/mol. The van der Waals surface area contributed by atoms with Gasteiger partial charge in [-0.15, -0.1) is 0 Å². The summed E-state index contributed by atoms with van der Waals surface area (Å²) in [5.41, 5.74) is -0.965. The molecule has 2 unspecified atom stereocenters. The zero-order valence-corrected chi connectivity index (χ0v) is 24.3. The fourth-order valence-electron chi connectivity index (χ4n) is 5.27. The van der Waals surface area contributed by atoms with Crippen LogP contribution in [-0.4, -0.2) is 40.2 Å². The molecule has 0 saturated heterocycles. The Morgan fingerprint density at radius 1 is 1.02 bits per heavy atom. The number of nitrogens with one attached hydrogen (secondary N) is 2. The quantitative estimate of drug-likeness (QED) is 0.310. The molecule has 11 heteroatoms. The maximum atomic E-state index is 14.8. The Labute approximate surface area is 243 Å². The topological polar surface area (TPSA) is 102 Å². The summed E-state index contributed by atoms with van der Waals surface area (Å²) in [5, 5.41) is 5.73. The monoisotopic (exact) mass is 584 g/mol. The number of hydrogen-bond donors (Lipinski definition) is 2. The van der Waals surface area contributed by atoms with Crippen LogP contribution in [0.25, 0.3) is 11.3 Å². The smallest absolute Gasteiger partial charge is 0.407 e. The van der Waals surface area contributed by atoms with E-state index in [-0.39, 0.29) is 35.9 Å². The molecule has 8 nitrogen and oxygen atoms in total. The third kappa shape index (κ3) is 7.57. The number of nitrogens with zero attached hydrogens (tertiary/aromatic N) is 2. The Bertz CT molecular complexity index is 1440. The molecule has 1 aromatic carbocycles. The first-order chi connectivity index (χ1) is 19.8. The van der Waals surface area contributed by atoms with Crippen LogP contribution in [0.4, 0.5) is 23.7 Å². The van der Waals surface area contributed by atoms with Crippen LogP contribution in [0.3, 0.4) is 0 Å². The average Bonchev–Trinajstić information content (AvgIpc) is 2.88. The van der Waals surface area contributed by atoms with Gasteiger partial charge in [-0.1, -0.05) is 6.92 Å². The molecule has 1 aliphatic rings. The Morgan fingerprint density at radius 3 is 2.40 bits per heavy atom. The van der Waals surface area contributed by atoms with Crippen LogP contribution in [0.15, 0.2) is 42.7 Å². The number of anilines is 1. The van der Waals surface area contributed by atoms with Gasteiger partial charge in [0.15, 0.2) is 0 Å². The van der Waals surface area contributed by atoms with Gasteiger partial charge >= 0.3 is 6.09 Å². The highest BCUT2D eigenvalue weighted by atomic mass is 19.1. The zero-order chi connectivity index (χ0) is 30.6. The standard InChI is InChI=1S/C31H35F3N4O4/c1-6-41-20-14-23(33)27(24(34)15-20)28-22(32)7-8-25(37-28)29(39)38-26-16-35-10-9-21(26)18-11-17(2)12-19(13-18)36-30(40)42-31(3,4)5/h7-10,14-19H,6,11-13H2,1-5H3,(H,36,40)(H,38,39)/t17-,18?,19?/m0/s1. The van der Waals surface area contributed by atoms with Crippen LogP contribution in [0.2, 0.25) is 0 Å². The van der Waals surface area contributed by atoms with Crippen molar-refractivity contribution in [3.05, 3.63) is 71.4 Å². The summed E-state index contributed by atoms with van der Waals surface area (Å²) < 4.78 is 54.9. The minimum Gasteiger partial charge on any atom is -0.494 e. The lowest BCUT2D eigenvalue weighted by molar-refractivity contribution is 0.0482. The number of alkyl carbamates (subject to hydrolysis) is 1. The maximum Gasteiger partial charge on any atom is 0.407 e. The summed E-state index contributed by atoms with van der Waals surface area (Å²) in [4.78, 5) is 33.8. The summed E-state index contributed by atoms with van der Waals surface area (Å²) in [5.74, 6) is -3.62. The molecule has 3 aromatic rings. The van der Waals surface area contributed by atoms with Crippen LogP contribution in [0, 0.1) is 23.4 Å². The van der Waals surface area contributed by atoms with E-state index in [0.717, 1.165) is 42.7 Å². The number of amides is 2. The van der Waals surface area contributed by atoms with E-state index >= 15 is 0 Å². The molecule has 1 saturated carbocycles. The summed E-state index contributed by atoms with van der Waals surface area (Å²) in [7, 11) is 0. The van der Waals surface area contributed by atoms with Gasteiger partial charge in [0.05, 0.1) is 24.1 Å². The number of carbonyl (C=O) groups is 2. The lowest BCUT2D eigenvalue weighted by Crippen LogP contribution is -2.42. The van der Waals surface area contributed by atoms with Crippen LogP contribution in [0.5, 0.6) is 5.75 Å². The van der Waals surface area contributed by atoms with E-state index in [2.05, 4.69) is 27.5 Å². The Balaban J connectivity index is 1.56. The van der Waals surface area contributed by atoms with Crippen molar-refractivity contribution in [1.82, 2.24) is 15.3 Å². The van der Waals surface area contributed by atoms with Crippen molar-refractivity contribution in [2.45, 2.75) is 71.4 Å². The molecule has 0 spiro atoms. The van der Waals surface area contributed by atoms with E-state index < -0.39 is 46.3 Å². The van der Waals surface area contributed by atoms with Gasteiger partial charge in [-0.2, -0.15) is 0 Å². The first-order valence-corrected chi connectivity index (χ1v) is 13.9. The second kappa shape index (κ2) is 12.8. The summed E-state index contributed by atoms with van der Waals surface area (Å²) in [6, 6.07) is 5.62. The number of hydrogen-bond acceptors (Lipinski definition) is 6. The summed E-state index contributed by atoms with van der Waals surface area (Å²) >= 11 is 0. The first kappa shape index (κ1) is 30.8. The number of benzene rings is 1. The molecule has 42 heavy (non-hydrogen) atoms. The highest BCUT2D eigenvalue weighted by molar-refractivity contribution is 6.03. The molecular formula is C31H35F3N4O4. The van der Waals surface area contributed by atoms with E-state index in [1.54, 1.807) is 40.0 Å². The van der Waals surface area contributed by atoms with Crippen molar-refractivity contribution in [1.29, 1.82) is 0 Å².